The molecule has 2 aliphatic carbocycles. The van der Waals surface area contributed by atoms with Crippen molar-refractivity contribution in [1.29, 1.82) is 0 Å². The summed E-state index contributed by atoms with van der Waals surface area (Å²) in [7, 11) is 0. The van der Waals surface area contributed by atoms with Gasteiger partial charge in [-0.15, -0.1) is 0 Å². The maximum absolute atomic E-state index is 10.6. The fraction of sp³-hybridized carbons (Fsp3) is 0.294. The molecule has 2 aromatic rings. The van der Waals surface area contributed by atoms with E-state index >= 15 is 0 Å². The monoisotopic (exact) mass is 236 g/mol. The maximum Gasteiger partial charge on any atom is 0.0855 e. The van der Waals surface area contributed by atoms with Gasteiger partial charge in [-0.2, -0.15) is 0 Å². The molecular formula is C17H16O. The van der Waals surface area contributed by atoms with Crippen LogP contribution >= 0.6 is 0 Å². The van der Waals surface area contributed by atoms with Gasteiger partial charge in [0.1, 0.15) is 0 Å². The van der Waals surface area contributed by atoms with Crippen LogP contribution in [0.3, 0.4) is 0 Å². The first kappa shape index (κ1) is 10.3. The average Bonchev–Trinajstić information content (AvgIpc) is 3.27. The topological polar surface area (TPSA) is 20.2 Å². The normalized spacial score (nSPS) is 33.6. The van der Waals surface area contributed by atoms with Gasteiger partial charge in [0.2, 0.25) is 0 Å². The molecule has 0 heterocycles. The Morgan fingerprint density at radius 2 is 1.39 bits per heavy atom. The Morgan fingerprint density at radius 3 is 2.00 bits per heavy atom. The van der Waals surface area contributed by atoms with Gasteiger partial charge in [0, 0.05) is 10.8 Å². The number of rotatable bonds is 3. The number of hydrogen-bond donors (Lipinski definition) is 1. The van der Waals surface area contributed by atoms with Gasteiger partial charge in [0.25, 0.3) is 0 Å². The van der Waals surface area contributed by atoms with Crippen molar-refractivity contribution in [1.82, 2.24) is 0 Å². The standard InChI is InChI=1S/C17H16O/c18-15(13-7-3-1-4-8-13)17-11-16(17,12-17)14-9-5-2-6-10-14/h1-10,15,18H,11-12H2. The van der Waals surface area contributed by atoms with E-state index in [1.165, 1.54) is 5.56 Å². The Bertz CT molecular complexity index is 567. The summed E-state index contributed by atoms with van der Waals surface area (Å²) in [6.07, 6.45) is 1.97. The highest BCUT2D eigenvalue weighted by Gasteiger charge is 2.86. The van der Waals surface area contributed by atoms with E-state index in [2.05, 4.69) is 30.3 Å². The second-order valence-electron chi connectivity index (χ2n) is 5.77. The van der Waals surface area contributed by atoms with E-state index in [0.29, 0.717) is 0 Å². The molecule has 2 saturated carbocycles. The molecule has 1 unspecified atom stereocenters. The summed E-state index contributed by atoms with van der Waals surface area (Å²) in [6.45, 7) is 0. The second-order valence-corrected chi connectivity index (χ2v) is 5.77. The molecule has 1 atom stereocenters. The summed E-state index contributed by atoms with van der Waals surface area (Å²) in [5, 5.41) is 10.6. The molecule has 0 radical (unpaired) electrons. The first-order valence-electron chi connectivity index (χ1n) is 6.57. The Hall–Kier alpha value is -1.60. The van der Waals surface area contributed by atoms with Crippen LogP contribution in [0.2, 0.25) is 0 Å². The van der Waals surface area contributed by atoms with Crippen molar-refractivity contribution in [2.75, 3.05) is 0 Å². The molecule has 90 valence electrons. The minimum absolute atomic E-state index is 0.135. The molecule has 1 heteroatoms. The summed E-state index contributed by atoms with van der Waals surface area (Å²) in [5.41, 5.74) is 2.88. The number of fused-ring (bicyclic) bond motifs is 1. The third-order valence-corrected chi connectivity index (χ3v) is 4.90. The molecular weight excluding hydrogens is 220 g/mol. The first-order valence-corrected chi connectivity index (χ1v) is 6.57. The number of benzene rings is 2. The van der Waals surface area contributed by atoms with Crippen molar-refractivity contribution in [2.45, 2.75) is 24.4 Å². The highest BCUT2D eigenvalue weighted by Crippen LogP contribution is 2.89. The van der Waals surface area contributed by atoms with E-state index in [0.717, 1.165) is 18.4 Å². The molecule has 1 N–H and O–H groups in total. The smallest absolute Gasteiger partial charge is 0.0855 e. The Kier molecular flexibility index (Phi) is 1.86. The predicted octanol–water partition coefficient (Wildman–Crippen LogP) is 3.45. The van der Waals surface area contributed by atoms with Gasteiger partial charge >= 0.3 is 0 Å². The van der Waals surface area contributed by atoms with Crippen molar-refractivity contribution in [3.8, 4) is 0 Å². The highest BCUT2D eigenvalue weighted by molar-refractivity contribution is 5.52. The van der Waals surface area contributed by atoms with Crippen LogP contribution in [0.4, 0.5) is 0 Å². The zero-order valence-electron chi connectivity index (χ0n) is 10.2. The lowest BCUT2D eigenvalue weighted by atomic mass is 10.00. The van der Waals surface area contributed by atoms with Gasteiger partial charge in [-0.3, -0.25) is 0 Å². The zero-order valence-corrected chi connectivity index (χ0v) is 10.2. The van der Waals surface area contributed by atoms with Crippen molar-refractivity contribution in [3.63, 3.8) is 0 Å². The van der Waals surface area contributed by atoms with Crippen LogP contribution in [0.5, 0.6) is 0 Å². The van der Waals surface area contributed by atoms with Gasteiger partial charge in [-0.25, -0.2) is 0 Å². The lowest BCUT2D eigenvalue weighted by molar-refractivity contribution is 0.124. The van der Waals surface area contributed by atoms with Crippen molar-refractivity contribution >= 4 is 0 Å². The molecule has 2 aromatic carbocycles. The molecule has 4 rings (SSSR count). The molecule has 0 aromatic heterocycles. The van der Waals surface area contributed by atoms with Gasteiger partial charge < -0.3 is 5.11 Å². The zero-order chi connectivity index (χ0) is 12.2. The van der Waals surface area contributed by atoms with Crippen LogP contribution in [0.15, 0.2) is 60.7 Å². The van der Waals surface area contributed by atoms with E-state index in [9.17, 15) is 5.11 Å². The summed E-state index contributed by atoms with van der Waals surface area (Å²) < 4.78 is 0. The van der Waals surface area contributed by atoms with Crippen LogP contribution in [-0.4, -0.2) is 5.11 Å². The van der Waals surface area contributed by atoms with E-state index in [1.807, 2.05) is 30.3 Å². The number of aliphatic hydroxyl groups excluding tert-OH is 1. The van der Waals surface area contributed by atoms with Crippen LogP contribution in [-0.2, 0) is 5.41 Å². The largest absolute Gasteiger partial charge is 0.388 e. The molecule has 0 saturated heterocycles. The number of hydrogen-bond acceptors (Lipinski definition) is 1. The summed E-state index contributed by atoms with van der Waals surface area (Å²) in [5.74, 6) is 0. The van der Waals surface area contributed by atoms with E-state index < -0.39 is 0 Å². The van der Waals surface area contributed by atoms with Crippen molar-refractivity contribution in [3.05, 3.63) is 71.8 Å². The average molecular weight is 236 g/mol. The van der Waals surface area contributed by atoms with Crippen molar-refractivity contribution in [2.24, 2.45) is 5.41 Å². The van der Waals surface area contributed by atoms with Crippen LogP contribution in [0, 0.1) is 5.41 Å². The van der Waals surface area contributed by atoms with Crippen molar-refractivity contribution < 1.29 is 5.11 Å². The molecule has 0 aliphatic heterocycles. The quantitative estimate of drug-likeness (QED) is 0.865. The summed E-state index contributed by atoms with van der Waals surface area (Å²) in [6, 6.07) is 20.7. The van der Waals surface area contributed by atoms with E-state index in [-0.39, 0.29) is 16.9 Å². The third-order valence-electron chi connectivity index (χ3n) is 4.90. The Morgan fingerprint density at radius 1 is 0.833 bits per heavy atom. The predicted molar refractivity (Wildman–Crippen MR) is 71.2 cm³/mol. The minimum Gasteiger partial charge on any atom is -0.388 e. The molecule has 0 spiro atoms. The fourth-order valence-corrected chi connectivity index (χ4v) is 3.60. The SMILES string of the molecule is OC(c1ccccc1)C12CC1(c1ccccc1)C2. The second kappa shape index (κ2) is 3.24. The first-order chi connectivity index (χ1) is 8.79. The summed E-state index contributed by atoms with van der Waals surface area (Å²) in [4.78, 5) is 0. The Balaban J connectivity index is 1.64. The molecule has 1 nitrogen and oxygen atoms in total. The molecule has 2 fully saturated rings. The highest BCUT2D eigenvalue weighted by atomic mass is 16.3. The lowest BCUT2D eigenvalue weighted by Gasteiger charge is -2.12. The van der Waals surface area contributed by atoms with Gasteiger partial charge in [0.15, 0.2) is 0 Å². The molecule has 18 heavy (non-hydrogen) atoms. The van der Waals surface area contributed by atoms with Crippen LogP contribution < -0.4 is 0 Å². The van der Waals surface area contributed by atoms with Gasteiger partial charge in [-0.05, 0) is 24.0 Å². The van der Waals surface area contributed by atoms with E-state index in [4.69, 9.17) is 0 Å². The summed E-state index contributed by atoms with van der Waals surface area (Å²) >= 11 is 0. The van der Waals surface area contributed by atoms with Crippen LogP contribution in [0.25, 0.3) is 0 Å². The van der Waals surface area contributed by atoms with Crippen LogP contribution in [0.1, 0.15) is 30.1 Å². The molecule has 0 amide bonds. The molecule has 2 aliphatic rings. The minimum atomic E-state index is -0.307. The van der Waals surface area contributed by atoms with Gasteiger partial charge in [0.05, 0.1) is 6.10 Å². The number of aliphatic hydroxyl groups is 1. The Labute approximate surface area is 107 Å². The van der Waals surface area contributed by atoms with E-state index in [1.54, 1.807) is 0 Å². The fourth-order valence-electron chi connectivity index (χ4n) is 3.60. The van der Waals surface area contributed by atoms with Gasteiger partial charge in [-0.1, -0.05) is 60.7 Å². The third kappa shape index (κ3) is 1.15. The lowest BCUT2D eigenvalue weighted by Crippen LogP contribution is -2.05. The maximum atomic E-state index is 10.6. The molecule has 0 bridgehead atoms.